The molecule has 1 aliphatic heterocycles. The van der Waals surface area contributed by atoms with Crippen molar-refractivity contribution in [1.29, 1.82) is 0 Å². The van der Waals surface area contributed by atoms with Crippen molar-refractivity contribution in [1.82, 2.24) is 0 Å². The van der Waals surface area contributed by atoms with E-state index in [0.29, 0.717) is 12.0 Å². The van der Waals surface area contributed by atoms with Gasteiger partial charge in [0.15, 0.2) is 0 Å². The van der Waals surface area contributed by atoms with Crippen LogP contribution < -0.4 is 0 Å². The molecule has 0 aromatic heterocycles. The first-order valence-corrected chi connectivity index (χ1v) is 3.79. The van der Waals surface area contributed by atoms with Gasteiger partial charge in [0, 0.05) is 0 Å². The predicted octanol–water partition coefficient (Wildman–Crippen LogP) is 1.91. The molecule has 0 bridgehead atoms. The molecular formula is C9H12O. The molecule has 2 rings (SSSR count). The van der Waals surface area contributed by atoms with Gasteiger partial charge in [-0.25, -0.2) is 0 Å². The number of rotatable bonds is 1. The van der Waals surface area contributed by atoms with E-state index in [0.717, 1.165) is 0 Å². The molecule has 0 aromatic rings. The van der Waals surface area contributed by atoms with Gasteiger partial charge in [-0.3, -0.25) is 0 Å². The SMILES string of the molecule is CC(C)C1OC12C=CC=C2. The summed E-state index contributed by atoms with van der Waals surface area (Å²) in [5.74, 6) is 0.632. The lowest BCUT2D eigenvalue weighted by atomic mass is 9.99. The Morgan fingerprint density at radius 2 is 1.90 bits per heavy atom. The van der Waals surface area contributed by atoms with E-state index in [9.17, 15) is 0 Å². The number of allylic oxidation sites excluding steroid dienone is 2. The van der Waals surface area contributed by atoms with Crippen molar-refractivity contribution in [3.63, 3.8) is 0 Å². The highest BCUT2D eigenvalue weighted by Gasteiger charge is 2.54. The van der Waals surface area contributed by atoms with Crippen molar-refractivity contribution in [2.45, 2.75) is 25.6 Å². The van der Waals surface area contributed by atoms with Gasteiger partial charge in [0.25, 0.3) is 0 Å². The summed E-state index contributed by atoms with van der Waals surface area (Å²) in [6.45, 7) is 4.39. The molecule has 54 valence electrons. The van der Waals surface area contributed by atoms with Crippen LogP contribution in [0.1, 0.15) is 13.8 Å². The first-order valence-electron chi connectivity index (χ1n) is 3.79. The molecule has 1 heteroatoms. The van der Waals surface area contributed by atoms with Crippen LogP contribution in [0.3, 0.4) is 0 Å². The van der Waals surface area contributed by atoms with Crippen molar-refractivity contribution < 1.29 is 4.74 Å². The van der Waals surface area contributed by atoms with Crippen LogP contribution in [0.2, 0.25) is 0 Å². The molecule has 1 fully saturated rings. The summed E-state index contributed by atoms with van der Waals surface area (Å²) < 4.78 is 5.55. The smallest absolute Gasteiger partial charge is 0.132 e. The van der Waals surface area contributed by atoms with Crippen molar-refractivity contribution >= 4 is 0 Å². The maximum absolute atomic E-state index is 5.55. The second-order valence-corrected chi connectivity index (χ2v) is 3.35. The molecule has 1 unspecified atom stereocenters. The maximum Gasteiger partial charge on any atom is 0.132 e. The van der Waals surface area contributed by atoms with Crippen LogP contribution in [0.5, 0.6) is 0 Å². The lowest BCUT2D eigenvalue weighted by molar-refractivity contribution is 0.328. The van der Waals surface area contributed by atoms with E-state index in [-0.39, 0.29) is 5.60 Å². The predicted molar refractivity (Wildman–Crippen MR) is 40.7 cm³/mol. The summed E-state index contributed by atoms with van der Waals surface area (Å²) in [7, 11) is 0. The molecule has 1 aliphatic carbocycles. The fourth-order valence-electron chi connectivity index (χ4n) is 1.58. The number of ether oxygens (including phenoxy) is 1. The van der Waals surface area contributed by atoms with Crippen LogP contribution in [-0.2, 0) is 4.74 Å². The van der Waals surface area contributed by atoms with Gasteiger partial charge in [-0.05, 0) is 18.1 Å². The molecule has 0 N–H and O–H groups in total. The molecular weight excluding hydrogens is 124 g/mol. The third-order valence-corrected chi connectivity index (χ3v) is 2.15. The van der Waals surface area contributed by atoms with Gasteiger partial charge in [0.05, 0.1) is 6.10 Å². The molecule has 10 heavy (non-hydrogen) atoms. The zero-order valence-corrected chi connectivity index (χ0v) is 6.37. The Morgan fingerprint density at radius 3 is 2.30 bits per heavy atom. The Bertz CT molecular complexity index is 189. The van der Waals surface area contributed by atoms with Crippen LogP contribution >= 0.6 is 0 Å². The van der Waals surface area contributed by atoms with Gasteiger partial charge in [-0.15, -0.1) is 0 Å². The van der Waals surface area contributed by atoms with E-state index in [1.54, 1.807) is 0 Å². The number of hydrogen-bond acceptors (Lipinski definition) is 1. The van der Waals surface area contributed by atoms with E-state index in [4.69, 9.17) is 4.74 Å². The highest BCUT2D eigenvalue weighted by atomic mass is 16.6. The highest BCUT2D eigenvalue weighted by Crippen LogP contribution is 2.45. The quantitative estimate of drug-likeness (QED) is 0.501. The molecule has 2 aliphatic rings. The molecule has 0 amide bonds. The summed E-state index contributed by atoms with van der Waals surface area (Å²) in [5, 5.41) is 0. The van der Waals surface area contributed by atoms with Crippen molar-refractivity contribution in [3.05, 3.63) is 24.3 Å². The van der Waals surface area contributed by atoms with Crippen LogP contribution in [0, 0.1) is 5.92 Å². The van der Waals surface area contributed by atoms with Crippen LogP contribution in [0.15, 0.2) is 24.3 Å². The Hall–Kier alpha value is -0.560. The van der Waals surface area contributed by atoms with Crippen LogP contribution in [0.4, 0.5) is 0 Å². The van der Waals surface area contributed by atoms with Crippen LogP contribution in [0.25, 0.3) is 0 Å². The van der Waals surface area contributed by atoms with Crippen molar-refractivity contribution in [3.8, 4) is 0 Å². The summed E-state index contributed by atoms with van der Waals surface area (Å²) in [4.78, 5) is 0. The van der Waals surface area contributed by atoms with E-state index < -0.39 is 0 Å². The highest BCUT2D eigenvalue weighted by molar-refractivity contribution is 5.36. The second-order valence-electron chi connectivity index (χ2n) is 3.35. The first kappa shape index (κ1) is 6.17. The Labute approximate surface area is 61.4 Å². The maximum atomic E-state index is 5.55. The molecule has 0 aromatic carbocycles. The zero-order chi connectivity index (χ0) is 7.19. The number of epoxide rings is 1. The van der Waals surface area contributed by atoms with Crippen molar-refractivity contribution in [2.75, 3.05) is 0 Å². The zero-order valence-electron chi connectivity index (χ0n) is 6.37. The average molecular weight is 136 g/mol. The average Bonchev–Trinajstić information content (AvgIpc) is 2.32. The van der Waals surface area contributed by atoms with E-state index in [1.807, 2.05) is 0 Å². The minimum Gasteiger partial charge on any atom is -0.357 e. The lowest BCUT2D eigenvalue weighted by Crippen LogP contribution is -2.10. The summed E-state index contributed by atoms with van der Waals surface area (Å²) >= 11 is 0. The van der Waals surface area contributed by atoms with Gasteiger partial charge >= 0.3 is 0 Å². The van der Waals surface area contributed by atoms with E-state index in [2.05, 4.69) is 38.2 Å². The minimum absolute atomic E-state index is 0.0220. The normalized spacial score (nSPS) is 32.5. The summed E-state index contributed by atoms with van der Waals surface area (Å²) in [5.41, 5.74) is 0.0220. The minimum atomic E-state index is 0.0220. The lowest BCUT2D eigenvalue weighted by Gasteiger charge is -1.99. The number of hydrogen-bond donors (Lipinski definition) is 0. The molecule has 1 spiro atoms. The molecule has 0 saturated carbocycles. The van der Waals surface area contributed by atoms with Crippen molar-refractivity contribution in [2.24, 2.45) is 5.92 Å². The Balaban J connectivity index is 2.12. The first-order chi connectivity index (χ1) is 4.75. The third kappa shape index (κ3) is 0.671. The third-order valence-electron chi connectivity index (χ3n) is 2.15. The fraction of sp³-hybridized carbons (Fsp3) is 0.556. The van der Waals surface area contributed by atoms with E-state index >= 15 is 0 Å². The standard InChI is InChI=1S/C9H12O/c1-7(2)8-9(10-8)5-3-4-6-9/h3-8H,1-2H3. The van der Waals surface area contributed by atoms with Crippen LogP contribution in [-0.4, -0.2) is 11.7 Å². The van der Waals surface area contributed by atoms with E-state index in [1.165, 1.54) is 0 Å². The molecule has 0 radical (unpaired) electrons. The van der Waals surface area contributed by atoms with Gasteiger partial charge in [-0.2, -0.15) is 0 Å². The second kappa shape index (κ2) is 1.73. The topological polar surface area (TPSA) is 12.5 Å². The van der Waals surface area contributed by atoms with Gasteiger partial charge in [-0.1, -0.05) is 26.0 Å². The Kier molecular flexibility index (Phi) is 1.07. The summed E-state index contributed by atoms with van der Waals surface area (Å²) in [6, 6.07) is 0. The molecule has 1 heterocycles. The van der Waals surface area contributed by atoms with Gasteiger partial charge in [0.1, 0.15) is 5.60 Å². The Morgan fingerprint density at radius 1 is 1.30 bits per heavy atom. The van der Waals surface area contributed by atoms with Gasteiger partial charge < -0.3 is 4.74 Å². The summed E-state index contributed by atoms with van der Waals surface area (Å²) in [6.07, 6.45) is 8.82. The fourth-order valence-corrected chi connectivity index (χ4v) is 1.58. The molecule has 1 nitrogen and oxygen atoms in total. The molecule has 1 atom stereocenters. The largest absolute Gasteiger partial charge is 0.357 e. The molecule has 1 saturated heterocycles. The monoisotopic (exact) mass is 136 g/mol. The van der Waals surface area contributed by atoms with Gasteiger partial charge in [0.2, 0.25) is 0 Å².